The van der Waals surface area contributed by atoms with Crippen molar-refractivity contribution < 1.29 is 17.9 Å². The van der Waals surface area contributed by atoms with Crippen molar-refractivity contribution in [3.8, 4) is 16.9 Å². The number of alkyl halides is 3. The van der Waals surface area contributed by atoms with Crippen molar-refractivity contribution in [2.75, 3.05) is 7.11 Å². The van der Waals surface area contributed by atoms with Gasteiger partial charge in [0.25, 0.3) is 0 Å². The monoisotopic (exact) mass is 354 g/mol. The molecule has 0 atom stereocenters. The fourth-order valence-electron chi connectivity index (χ4n) is 2.00. The highest BCUT2D eigenvalue weighted by Crippen LogP contribution is 2.46. The summed E-state index contributed by atoms with van der Waals surface area (Å²) in [6, 6.07) is 6.62. The van der Waals surface area contributed by atoms with Gasteiger partial charge in [0.05, 0.1) is 17.2 Å². The van der Waals surface area contributed by atoms with Crippen LogP contribution in [0.5, 0.6) is 5.75 Å². The molecule has 2 aromatic carbocycles. The zero-order valence-corrected chi connectivity index (χ0v) is 12.8. The Morgan fingerprint density at radius 2 is 1.57 bits per heavy atom. The van der Waals surface area contributed by atoms with E-state index in [1.165, 1.54) is 37.4 Å². The number of hydrogen-bond donors (Lipinski definition) is 0. The third kappa shape index (κ3) is 3.23. The minimum absolute atomic E-state index is 0.0336. The largest absolute Gasteiger partial charge is 0.496 e. The van der Waals surface area contributed by atoms with Crippen molar-refractivity contribution in [1.82, 2.24) is 0 Å². The highest BCUT2D eigenvalue weighted by Gasteiger charge is 2.38. The molecule has 7 heteroatoms. The van der Waals surface area contributed by atoms with E-state index in [1.807, 2.05) is 0 Å². The molecule has 0 aromatic heterocycles. The Balaban J connectivity index is 2.82. The Bertz CT molecular complexity index is 661. The van der Waals surface area contributed by atoms with Gasteiger partial charge in [0.2, 0.25) is 0 Å². The first-order valence-electron chi connectivity index (χ1n) is 5.64. The Morgan fingerprint density at radius 3 is 2.05 bits per heavy atom. The van der Waals surface area contributed by atoms with Crippen LogP contribution in [-0.4, -0.2) is 7.11 Å². The fourth-order valence-corrected chi connectivity index (χ4v) is 3.02. The van der Waals surface area contributed by atoms with E-state index in [0.29, 0.717) is 0 Å². The first kappa shape index (κ1) is 16.3. The number of rotatable bonds is 2. The van der Waals surface area contributed by atoms with Gasteiger partial charge >= 0.3 is 6.18 Å². The van der Waals surface area contributed by atoms with E-state index in [9.17, 15) is 13.2 Å². The summed E-state index contributed by atoms with van der Waals surface area (Å²) >= 11 is 17.8. The Labute approximate surface area is 134 Å². The first-order valence-corrected chi connectivity index (χ1v) is 6.78. The predicted molar refractivity (Wildman–Crippen MR) is 78.5 cm³/mol. The minimum atomic E-state index is -4.62. The van der Waals surface area contributed by atoms with Crippen molar-refractivity contribution in [2.24, 2.45) is 0 Å². The summed E-state index contributed by atoms with van der Waals surface area (Å²) in [5.41, 5.74) is -1.03. The second-order valence-electron chi connectivity index (χ2n) is 4.13. The van der Waals surface area contributed by atoms with Crippen LogP contribution in [0.25, 0.3) is 11.1 Å². The van der Waals surface area contributed by atoms with E-state index in [1.54, 1.807) is 0 Å². The van der Waals surface area contributed by atoms with Gasteiger partial charge in [0.1, 0.15) is 11.3 Å². The average Bonchev–Trinajstić information content (AvgIpc) is 2.35. The quantitative estimate of drug-likeness (QED) is 0.610. The minimum Gasteiger partial charge on any atom is -0.496 e. The van der Waals surface area contributed by atoms with Gasteiger partial charge in [0, 0.05) is 16.1 Å². The van der Waals surface area contributed by atoms with Crippen LogP contribution in [0.1, 0.15) is 5.56 Å². The zero-order valence-electron chi connectivity index (χ0n) is 10.6. The van der Waals surface area contributed by atoms with Crippen molar-refractivity contribution in [3.05, 3.63) is 51.0 Å². The van der Waals surface area contributed by atoms with Crippen molar-refractivity contribution in [2.45, 2.75) is 6.18 Å². The van der Waals surface area contributed by atoms with Crippen molar-refractivity contribution in [3.63, 3.8) is 0 Å². The molecule has 21 heavy (non-hydrogen) atoms. The van der Waals surface area contributed by atoms with E-state index in [2.05, 4.69) is 0 Å². The molecular formula is C14H8Cl3F3O. The molecule has 1 nitrogen and oxygen atoms in total. The average molecular weight is 356 g/mol. The van der Waals surface area contributed by atoms with Crippen LogP contribution < -0.4 is 4.74 Å². The molecule has 0 aliphatic rings. The summed E-state index contributed by atoms with van der Waals surface area (Å²) in [5.74, 6) is -0.304. The molecule has 0 radical (unpaired) electrons. The SMILES string of the molecule is COc1cccc(-c2c(Cl)cc(Cl)cc2Cl)c1C(F)(F)F. The highest BCUT2D eigenvalue weighted by molar-refractivity contribution is 6.41. The molecule has 0 spiro atoms. The van der Waals surface area contributed by atoms with E-state index in [4.69, 9.17) is 39.5 Å². The summed E-state index contributed by atoms with van der Waals surface area (Å²) in [4.78, 5) is 0. The summed E-state index contributed by atoms with van der Waals surface area (Å²) in [6.07, 6.45) is -4.62. The van der Waals surface area contributed by atoms with E-state index < -0.39 is 11.7 Å². The molecule has 2 rings (SSSR count). The lowest BCUT2D eigenvalue weighted by Crippen LogP contribution is -2.10. The topological polar surface area (TPSA) is 9.23 Å². The van der Waals surface area contributed by atoms with Crippen LogP contribution in [0.2, 0.25) is 15.1 Å². The summed E-state index contributed by atoms with van der Waals surface area (Å²) < 4.78 is 44.8. The smallest absolute Gasteiger partial charge is 0.420 e. The van der Waals surface area contributed by atoms with Gasteiger partial charge in [-0.25, -0.2) is 0 Å². The number of benzene rings is 2. The third-order valence-electron chi connectivity index (χ3n) is 2.81. The lowest BCUT2D eigenvalue weighted by Gasteiger charge is -2.18. The number of hydrogen-bond acceptors (Lipinski definition) is 1. The number of methoxy groups -OCH3 is 1. The lowest BCUT2D eigenvalue weighted by atomic mass is 9.98. The van der Waals surface area contributed by atoms with Crippen LogP contribution in [0, 0.1) is 0 Å². The van der Waals surface area contributed by atoms with Crippen LogP contribution >= 0.6 is 34.8 Å². The normalized spacial score (nSPS) is 11.6. The molecule has 0 fully saturated rings. The predicted octanol–water partition coefficient (Wildman–Crippen LogP) is 6.34. The molecule has 0 aliphatic carbocycles. The van der Waals surface area contributed by atoms with Gasteiger partial charge in [-0.1, -0.05) is 46.9 Å². The summed E-state index contributed by atoms with van der Waals surface area (Å²) in [7, 11) is 1.17. The van der Waals surface area contributed by atoms with Gasteiger partial charge in [-0.2, -0.15) is 13.2 Å². The van der Waals surface area contributed by atoms with Gasteiger partial charge < -0.3 is 4.74 Å². The molecular weight excluding hydrogens is 348 g/mol. The fraction of sp³-hybridized carbons (Fsp3) is 0.143. The first-order chi connectivity index (χ1) is 9.75. The third-order valence-corrected chi connectivity index (χ3v) is 3.62. The molecule has 2 aromatic rings. The molecule has 0 saturated carbocycles. The lowest BCUT2D eigenvalue weighted by molar-refractivity contribution is -0.138. The van der Waals surface area contributed by atoms with Crippen LogP contribution in [-0.2, 0) is 6.18 Å². The summed E-state index contributed by atoms with van der Waals surface area (Å²) in [6.45, 7) is 0. The second-order valence-corrected chi connectivity index (χ2v) is 5.38. The maximum absolute atomic E-state index is 13.3. The molecule has 0 saturated heterocycles. The molecule has 112 valence electrons. The molecule has 0 amide bonds. The molecule has 0 bridgehead atoms. The maximum atomic E-state index is 13.3. The highest BCUT2D eigenvalue weighted by atomic mass is 35.5. The Kier molecular flexibility index (Phi) is 4.61. The van der Waals surface area contributed by atoms with E-state index in [0.717, 1.165) is 0 Å². The van der Waals surface area contributed by atoms with Crippen molar-refractivity contribution in [1.29, 1.82) is 0 Å². The van der Waals surface area contributed by atoms with Crippen LogP contribution in [0.4, 0.5) is 13.2 Å². The Hall–Kier alpha value is -1.10. The van der Waals surface area contributed by atoms with Gasteiger partial charge in [-0.15, -0.1) is 0 Å². The summed E-state index contributed by atoms with van der Waals surface area (Å²) in [5, 5.41) is 0.308. The number of ether oxygens (including phenoxy) is 1. The molecule has 0 aliphatic heterocycles. The second kappa shape index (κ2) is 5.95. The van der Waals surface area contributed by atoms with Crippen LogP contribution in [0.3, 0.4) is 0 Å². The van der Waals surface area contributed by atoms with Crippen LogP contribution in [0.15, 0.2) is 30.3 Å². The van der Waals surface area contributed by atoms with E-state index >= 15 is 0 Å². The molecule has 0 unspecified atom stereocenters. The van der Waals surface area contributed by atoms with E-state index in [-0.39, 0.29) is 31.9 Å². The van der Waals surface area contributed by atoms with Gasteiger partial charge in [0.15, 0.2) is 0 Å². The Morgan fingerprint density at radius 1 is 1.00 bits per heavy atom. The molecule has 0 N–H and O–H groups in total. The maximum Gasteiger partial charge on any atom is 0.420 e. The van der Waals surface area contributed by atoms with Gasteiger partial charge in [-0.3, -0.25) is 0 Å². The zero-order chi connectivity index (χ0) is 15.8. The molecule has 0 heterocycles. The van der Waals surface area contributed by atoms with Crippen molar-refractivity contribution >= 4 is 34.8 Å². The number of halogens is 6. The van der Waals surface area contributed by atoms with Gasteiger partial charge in [-0.05, 0) is 18.2 Å². The standard InChI is InChI=1S/C14H8Cl3F3O/c1-21-11-4-2-3-8(13(11)14(18,19)20)12-9(16)5-7(15)6-10(12)17/h2-6H,1H3.